The summed E-state index contributed by atoms with van der Waals surface area (Å²) in [5.41, 5.74) is 3.15. The van der Waals surface area contributed by atoms with Gasteiger partial charge in [-0.05, 0) is 42.8 Å². The van der Waals surface area contributed by atoms with Gasteiger partial charge in [0.2, 0.25) is 5.91 Å². The largest absolute Gasteiger partial charge is 0.494 e. The van der Waals surface area contributed by atoms with Crippen molar-refractivity contribution in [2.45, 2.75) is 6.92 Å². The molecule has 0 unspecified atom stereocenters. The molecular formula is C20H20ClN3O3. The van der Waals surface area contributed by atoms with Crippen LogP contribution in [0.2, 0.25) is 5.02 Å². The number of para-hydroxylation sites is 1. The fraction of sp³-hybridized carbons (Fsp3) is 0.200. The lowest BCUT2D eigenvalue weighted by atomic mass is 10.1. The van der Waals surface area contributed by atoms with Crippen LogP contribution in [0.1, 0.15) is 5.56 Å². The van der Waals surface area contributed by atoms with Crippen molar-refractivity contribution in [1.82, 2.24) is 4.98 Å². The number of carbonyl (C=O) groups is 1. The molecule has 0 aliphatic carbocycles. The summed E-state index contributed by atoms with van der Waals surface area (Å²) in [5, 5.41) is 7.39. The Kier molecular flexibility index (Phi) is 5.78. The monoisotopic (exact) mass is 385 g/mol. The second-order valence-corrected chi connectivity index (χ2v) is 6.39. The van der Waals surface area contributed by atoms with Crippen molar-refractivity contribution in [3.8, 4) is 5.75 Å². The lowest BCUT2D eigenvalue weighted by Crippen LogP contribution is -2.17. The standard InChI is InChI=1S/C20H20ClN3O3/c1-12-9-18(24-20-14(12)5-4-6-17(20)27-3)22-13-7-8-16(15(21)10-13)23-19(25)11-26-2/h4-10H,11H2,1-3H3,(H,22,24)(H,23,25). The predicted molar refractivity (Wildman–Crippen MR) is 108 cm³/mol. The van der Waals surface area contributed by atoms with Gasteiger partial charge in [-0.25, -0.2) is 4.98 Å². The molecule has 6 nitrogen and oxygen atoms in total. The highest BCUT2D eigenvalue weighted by atomic mass is 35.5. The van der Waals surface area contributed by atoms with Crippen molar-refractivity contribution in [1.29, 1.82) is 0 Å². The molecule has 0 aliphatic rings. The first-order valence-corrected chi connectivity index (χ1v) is 8.69. The van der Waals surface area contributed by atoms with Crippen LogP contribution < -0.4 is 15.4 Å². The number of carbonyl (C=O) groups excluding carboxylic acids is 1. The van der Waals surface area contributed by atoms with E-state index in [0.29, 0.717) is 22.3 Å². The van der Waals surface area contributed by atoms with E-state index in [9.17, 15) is 4.79 Å². The number of anilines is 3. The molecule has 0 atom stereocenters. The Labute approximate surface area is 162 Å². The van der Waals surface area contributed by atoms with Crippen molar-refractivity contribution in [2.24, 2.45) is 0 Å². The molecule has 0 saturated carbocycles. The van der Waals surface area contributed by atoms with Crippen LogP contribution in [-0.2, 0) is 9.53 Å². The second-order valence-electron chi connectivity index (χ2n) is 5.98. The third-order valence-corrected chi connectivity index (χ3v) is 4.33. The van der Waals surface area contributed by atoms with Crippen molar-refractivity contribution >= 4 is 45.6 Å². The van der Waals surface area contributed by atoms with Gasteiger partial charge in [0.05, 0.1) is 17.8 Å². The Morgan fingerprint density at radius 2 is 2.00 bits per heavy atom. The predicted octanol–water partition coefficient (Wildman–Crippen LogP) is 4.53. The Bertz CT molecular complexity index is 992. The van der Waals surface area contributed by atoms with Crippen molar-refractivity contribution in [2.75, 3.05) is 31.5 Å². The minimum atomic E-state index is -0.265. The molecule has 0 bridgehead atoms. The first-order valence-electron chi connectivity index (χ1n) is 8.31. The molecule has 7 heteroatoms. The summed E-state index contributed by atoms with van der Waals surface area (Å²) in [7, 11) is 3.09. The third-order valence-electron chi connectivity index (χ3n) is 4.02. The number of hydrogen-bond acceptors (Lipinski definition) is 5. The molecule has 2 N–H and O–H groups in total. The summed E-state index contributed by atoms with van der Waals surface area (Å²) in [4.78, 5) is 16.3. The van der Waals surface area contributed by atoms with Crippen molar-refractivity contribution < 1.29 is 14.3 Å². The van der Waals surface area contributed by atoms with Gasteiger partial charge in [0, 0.05) is 18.2 Å². The summed E-state index contributed by atoms with van der Waals surface area (Å²) < 4.78 is 10.2. The number of benzene rings is 2. The number of nitrogens with zero attached hydrogens (tertiary/aromatic N) is 1. The number of aromatic nitrogens is 1. The van der Waals surface area contributed by atoms with Gasteiger partial charge in [0.25, 0.3) is 0 Å². The molecule has 27 heavy (non-hydrogen) atoms. The number of fused-ring (bicyclic) bond motifs is 1. The highest BCUT2D eigenvalue weighted by molar-refractivity contribution is 6.34. The SMILES string of the molecule is COCC(=O)Nc1ccc(Nc2cc(C)c3cccc(OC)c3n2)cc1Cl. The number of pyridine rings is 1. The zero-order valence-electron chi connectivity index (χ0n) is 15.3. The molecule has 3 aromatic rings. The molecule has 0 spiro atoms. The molecule has 2 aromatic carbocycles. The van der Waals surface area contributed by atoms with Crippen molar-refractivity contribution in [3.63, 3.8) is 0 Å². The van der Waals surface area contributed by atoms with Gasteiger partial charge in [-0.2, -0.15) is 0 Å². The van der Waals surface area contributed by atoms with Gasteiger partial charge in [-0.1, -0.05) is 23.7 Å². The number of nitrogens with one attached hydrogen (secondary N) is 2. The summed E-state index contributed by atoms with van der Waals surface area (Å²) in [5.74, 6) is 1.13. The Hall–Kier alpha value is -2.83. The van der Waals surface area contributed by atoms with Gasteiger partial charge in [0.15, 0.2) is 0 Å². The maximum absolute atomic E-state index is 11.6. The number of aryl methyl sites for hydroxylation is 1. The third kappa shape index (κ3) is 4.30. The van der Waals surface area contributed by atoms with Gasteiger partial charge < -0.3 is 20.1 Å². The quantitative estimate of drug-likeness (QED) is 0.652. The number of hydrogen-bond donors (Lipinski definition) is 2. The van der Waals surface area contributed by atoms with Gasteiger partial charge >= 0.3 is 0 Å². The molecular weight excluding hydrogens is 366 g/mol. The molecule has 0 saturated heterocycles. The number of methoxy groups -OCH3 is 2. The van der Waals surface area contributed by atoms with Crippen LogP contribution in [0.3, 0.4) is 0 Å². The lowest BCUT2D eigenvalue weighted by Gasteiger charge is -2.13. The van der Waals surface area contributed by atoms with E-state index in [1.807, 2.05) is 37.3 Å². The van der Waals surface area contributed by atoms with E-state index in [1.54, 1.807) is 19.2 Å². The summed E-state index contributed by atoms with van der Waals surface area (Å²) in [6.07, 6.45) is 0. The zero-order valence-corrected chi connectivity index (χ0v) is 16.1. The maximum atomic E-state index is 11.6. The second kappa shape index (κ2) is 8.24. The van der Waals surface area contributed by atoms with Crippen molar-refractivity contribution in [3.05, 3.63) is 53.1 Å². The number of ether oxygens (including phenoxy) is 2. The van der Waals surface area contributed by atoms with Gasteiger partial charge in [-0.15, -0.1) is 0 Å². The van der Waals surface area contributed by atoms with Crippen LogP contribution in [0.5, 0.6) is 5.75 Å². The highest BCUT2D eigenvalue weighted by Gasteiger charge is 2.10. The zero-order chi connectivity index (χ0) is 19.4. The smallest absolute Gasteiger partial charge is 0.250 e. The fourth-order valence-electron chi connectivity index (χ4n) is 2.78. The van der Waals surface area contributed by atoms with Crippen LogP contribution in [0, 0.1) is 6.92 Å². The number of amides is 1. The number of halogens is 1. The minimum Gasteiger partial charge on any atom is -0.494 e. The van der Waals surface area contributed by atoms with Crippen LogP contribution >= 0.6 is 11.6 Å². The van der Waals surface area contributed by atoms with E-state index >= 15 is 0 Å². The molecule has 140 valence electrons. The topological polar surface area (TPSA) is 72.5 Å². The van der Waals surface area contributed by atoms with Crippen LogP contribution in [0.25, 0.3) is 10.9 Å². The number of rotatable bonds is 6. The normalized spacial score (nSPS) is 10.7. The average Bonchev–Trinajstić information content (AvgIpc) is 2.64. The van der Waals surface area contributed by atoms with E-state index < -0.39 is 0 Å². The molecule has 1 heterocycles. The van der Waals surface area contributed by atoms with Crippen LogP contribution in [0.4, 0.5) is 17.2 Å². The first-order chi connectivity index (χ1) is 13.0. The Morgan fingerprint density at radius 3 is 2.70 bits per heavy atom. The van der Waals surface area contributed by atoms with E-state index in [0.717, 1.165) is 22.2 Å². The van der Waals surface area contributed by atoms with Crippen LogP contribution in [0.15, 0.2) is 42.5 Å². The highest BCUT2D eigenvalue weighted by Crippen LogP contribution is 2.31. The minimum absolute atomic E-state index is 0.0293. The molecule has 0 aliphatic heterocycles. The Morgan fingerprint density at radius 1 is 1.19 bits per heavy atom. The molecule has 1 aromatic heterocycles. The first kappa shape index (κ1) is 18.9. The molecule has 0 radical (unpaired) electrons. The Balaban J connectivity index is 1.87. The molecule has 1 amide bonds. The van der Waals surface area contributed by atoms with Gasteiger partial charge in [0.1, 0.15) is 23.7 Å². The van der Waals surface area contributed by atoms with E-state index in [2.05, 4.69) is 15.6 Å². The summed E-state index contributed by atoms with van der Waals surface area (Å²) in [6, 6.07) is 13.1. The van der Waals surface area contributed by atoms with E-state index in [-0.39, 0.29) is 12.5 Å². The maximum Gasteiger partial charge on any atom is 0.250 e. The van der Waals surface area contributed by atoms with E-state index in [1.165, 1.54) is 7.11 Å². The molecule has 0 fully saturated rings. The summed E-state index contributed by atoms with van der Waals surface area (Å²) >= 11 is 6.28. The summed E-state index contributed by atoms with van der Waals surface area (Å²) in [6.45, 7) is 1.99. The lowest BCUT2D eigenvalue weighted by molar-refractivity contribution is -0.119. The average molecular weight is 386 g/mol. The van der Waals surface area contributed by atoms with Gasteiger partial charge in [-0.3, -0.25) is 4.79 Å². The fourth-order valence-corrected chi connectivity index (χ4v) is 3.01. The van der Waals surface area contributed by atoms with E-state index in [4.69, 9.17) is 21.1 Å². The molecule has 3 rings (SSSR count). The van der Waals surface area contributed by atoms with Crippen LogP contribution in [-0.4, -0.2) is 31.7 Å².